The van der Waals surface area contributed by atoms with E-state index in [1.54, 1.807) is 18.2 Å². The van der Waals surface area contributed by atoms with Gasteiger partial charge in [0, 0.05) is 23.5 Å². The van der Waals surface area contributed by atoms with Crippen molar-refractivity contribution in [3.63, 3.8) is 0 Å². The lowest BCUT2D eigenvalue weighted by molar-refractivity contribution is -0.116. The summed E-state index contributed by atoms with van der Waals surface area (Å²) in [6.45, 7) is 3.88. The van der Waals surface area contributed by atoms with Crippen molar-refractivity contribution >= 4 is 34.4 Å². The number of rotatable bonds is 5. The predicted molar refractivity (Wildman–Crippen MR) is 99.2 cm³/mol. The largest absolute Gasteiger partial charge is 0.326 e. The van der Waals surface area contributed by atoms with Gasteiger partial charge < -0.3 is 15.3 Å². The lowest BCUT2D eigenvalue weighted by Crippen LogP contribution is -2.13. The van der Waals surface area contributed by atoms with Crippen LogP contribution in [0.3, 0.4) is 0 Å². The topological polar surface area (TPSA) is 104 Å². The number of carbonyl (C=O) groups excluding carboxylic acids is 1. The van der Waals surface area contributed by atoms with Gasteiger partial charge >= 0.3 is 5.69 Å². The number of nitrogens with zero attached hydrogens (tertiary/aromatic N) is 2. The fraction of sp³-hybridized carbons (Fsp3) is 0.294. The highest BCUT2D eigenvalue weighted by Gasteiger charge is 2.11. The third-order valence-electron chi connectivity index (χ3n) is 3.98. The van der Waals surface area contributed by atoms with E-state index in [0.717, 1.165) is 22.1 Å². The van der Waals surface area contributed by atoms with Crippen molar-refractivity contribution in [2.75, 3.05) is 11.6 Å². The van der Waals surface area contributed by atoms with Crippen molar-refractivity contribution in [2.45, 2.75) is 31.8 Å². The van der Waals surface area contributed by atoms with Gasteiger partial charge in [-0.05, 0) is 50.3 Å². The summed E-state index contributed by atoms with van der Waals surface area (Å²) in [4.78, 5) is 37.7. The van der Waals surface area contributed by atoms with Gasteiger partial charge in [0.25, 0.3) is 0 Å². The van der Waals surface area contributed by atoms with Gasteiger partial charge in [-0.15, -0.1) is 0 Å². The molecule has 0 aliphatic carbocycles. The van der Waals surface area contributed by atoms with Crippen LogP contribution >= 0.6 is 11.8 Å². The van der Waals surface area contributed by atoms with Crippen molar-refractivity contribution < 1.29 is 4.79 Å². The van der Waals surface area contributed by atoms with Crippen LogP contribution in [0.5, 0.6) is 0 Å². The zero-order chi connectivity index (χ0) is 18.0. The number of carbonyl (C=O) groups is 1. The van der Waals surface area contributed by atoms with Crippen LogP contribution in [0.2, 0.25) is 0 Å². The third-order valence-corrected chi connectivity index (χ3v) is 4.53. The van der Waals surface area contributed by atoms with Crippen LogP contribution in [0.15, 0.2) is 28.2 Å². The Bertz CT molecular complexity index is 969. The summed E-state index contributed by atoms with van der Waals surface area (Å²) in [5.41, 5.74) is 4.59. The first kappa shape index (κ1) is 17.2. The van der Waals surface area contributed by atoms with Crippen LogP contribution < -0.4 is 11.0 Å². The first-order chi connectivity index (χ1) is 12.0. The number of aryl methyl sites for hydroxylation is 2. The lowest BCUT2D eigenvalue weighted by atomic mass is 10.1. The van der Waals surface area contributed by atoms with E-state index in [0.29, 0.717) is 29.6 Å². The second-order valence-electron chi connectivity index (χ2n) is 5.75. The van der Waals surface area contributed by atoms with Gasteiger partial charge in [0.05, 0.1) is 11.0 Å². The second kappa shape index (κ2) is 7.10. The van der Waals surface area contributed by atoms with E-state index in [9.17, 15) is 9.59 Å². The molecule has 25 heavy (non-hydrogen) atoms. The molecule has 0 bridgehead atoms. The maximum Gasteiger partial charge on any atom is 0.323 e. The minimum atomic E-state index is -0.266. The summed E-state index contributed by atoms with van der Waals surface area (Å²) < 4.78 is 0. The maximum atomic E-state index is 12.2. The monoisotopic (exact) mass is 357 g/mol. The predicted octanol–water partition coefficient (Wildman–Crippen LogP) is 2.56. The highest BCUT2D eigenvalue weighted by molar-refractivity contribution is 7.98. The Balaban J connectivity index is 1.67. The highest BCUT2D eigenvalue weighted by atomic mass is 32.2. The number of nitrogens with one attached hydrogen (secondary N) is 3. The molecule has 0 saturated heterocycles. The number of hydrogen-bond acceptors (Lipinski definition) is 5. The minimum absolute atomic E-state index is 0.0926. The third kappa shape index (κ3) is 3.90. The number of H-pyrrole nitrogens is 2. The average molecular weight is 357 g/mol. The molecule has 3 N–H and O–H groups in total. The molecule has 8 heteroatoms. The number of amides is 1. The zero-order valence-corrected chi connectivity index (χ0v) is 15.1. The molecule has 0 radical (unpaired) electrons. The summed E-state index contributed by atoms with van der Waals surface area (Å²) in [6.07, 6.45) is 2.86. The maximum absolute atomic E-state index is 12.2. The van der Waals surface area contributed by atoms with Crippen molar-refractivity contribution in [3.05, 3.63) is 45.6 Å². The fourth-order valence-electron chi connectivity index (χ4n) is 2.73. The van der Waals surface area contributed by atoms with Gasteiger partial charge in [-0.2, -0.15) is 0 Å². The van der Waals surface area contributed by atoms with Gasteiger partial charge in [0.2, 0.25) is 5.91 Å². The Hall–Kier alpha value is -2.61. The van der Waals surface area contributed by atoms with Crippen molar-refractivity contribution in [1.29, 1.82) is 0 Å². The molecule has 2 aromatic heterocycles. The number of aromatic amines is 2. The van der Waals surface area contributed by atoms with Gasteiger partial charge in [-0.1, -0.05) is 11.8 Å². The summed E-state index contributed by atoms with van der Waals surface area (Å²) in [7, 11) is 0. The number of benzene rings is 1. The van der Waals surface area contributed by atoms with Gasteiger partial charge in [0.1, 0.15) is 0 Å². The Morgan fingerprint density at radius 3 is 2.52 bits per heavy atom. The molecular formula is C17H19N5O2S. The van der Waals surface area contributed by atoms with Crippen LogP contribution in [-0.4, -0.2) is 32.1 Å². The lowest BCUT2D eigenvalue weighted by Gasteiger charge is -2.10. The molecule has 130 valence electrons. The fourth-order valence-corrected chi connectivity index (χ4v) is 3.19. The van der Waals surface area contributed by atoms with E-state index in [1.165, 1.54) is 11.8 Å². The van der Waals surface area contributed by atoms with Crippen LogP contribution in [0.1, 0.15) is 23.4 Å². The van der Waals surface area contributed by atoms with E-state index in [2.05, 4.69) is 25.3 Å². The molecule has 3 aromatic rings. The van der Waals surface area contributed by atoms with Crippen LogP contribution in [0.4, 0.5) is 5.69 Å². The van der Waals surface area contributed by atoms with E-state index >= 15 is 0 Å². The summed E-state index contributed by atoms with van der Waals surface area (Å²) in [6, 6.07) is 5.25. The summed E-state index contributed by atoms with van der Waals surface area (Å²) in [5.74, 6) is -0.0926. The first-order valence-corrected chi connectivity index (χ1v) is 9.08. The standard InChI is InChI=1S/C17H19N5O2S/c1-9-12(10(2)19-17(18-9)25-3)5-7-15(23)20-11-4-6-13-14(8-11)22-16(24)21-13/h4,6,8H,5,7H2,1-3H3,(H,20,23)(H2,21,22,24). The molecule has 1 amide bonds. The van der Waals surface area contributed by atoms with Crippen LogP contribution in [0.25, 0.3) is 11.0 Å². The minimum Gasteiger partial charge on any atom is -0.326 e. The number of imidazole rings is 1. The van der Waals surface area contributed by atoms with E-state index in [4.69, 9.17) is 0 Å². The summed E-state index contributed by atoms with van der Waals surface area (Å²) >= 11 is 1.51. The number of thioether (sulfide) groups is 1. The van der Waals surface area contributed by atoms with Crippen LogP contribution in [0, 0.1) is 13.8 Å². The molecule has 1 aromatic carbocycles. The van der Waals surface area contributed by atoms with E-state index < -0.39 is 0 Å². The zero-order valence-electron chi connectivity index (χ0n) is 14.3. The van der Waals surface area contributed by atoms with Crippen molar-refractivity contribution in [1.82, 2.24) is 19.9 Å². The molecule has 2 heterocycles. The molecule has 0 fully saturated rings. The summed E-state index contributed by atoms with van der Waals surface area (Å²) in [5, 5.41) is 3.60. The van der Waals surface area contributed by atoms with Crippen molar-refractivity contribution in [3.8, 4) is 0 Å². The Kier molecular flexibility index (Phi) is 4.89. The number of aromatic nitrogens is 4. The molecule has 0 saturated carbocycles. The smallest absolute Gasteiger partial charge is 0.323 e. The quantitative estimate of drug-likeness (QED) is 0.481. The molecule has 0 unspecified atom stereocenters. The van der Waals surface area contributed by atoms with Gasteiger partial charge in [-0.3, -0.25) is 4.79 Å². The molecule has 3 rings (SSSR count). The van der Waals surface area contributed by atoms with Gasteiger partial charge in [-0.25, -0.2) is 14.8 Å². The molecule has 0 aliphatic heterocycles. The van der Waals surface area contributed by atoms with Gasteiger partial charge in [0.15, 0.2) is 5.16 Å². The van der Waals surface area contributed by atoms with E-state index in [1.807, 2.05) is 20.1 Å². The Morgan fingerprint density at radius 2 is 1.84 bits per heavy atom. The number of anilines is 1. The van der Waals surface area contributed by atoms with Crippen LogP contribution in [-0.2, 0) is 11.2 Å². The molecule has 0 atom stereocenters. The molecule has 0 aliphatic rings. The highest BCUT2D eigenvalue weighted by Crippen LogP contribution is 2.18. The normalized spacial score (nSPS) is 11.0. The number of hydrogen-bond donors (Lipinski definition) is 3. The van der Waals surface area contributed by atoms with E-state index in [-0.39, 0.29) is 11.6 Å². The average Bonchev–Trinajstić information content (AvgIpc) is 2.93. The van der Waals surface area contributed by atoms with Crippen molar-refractivity contribution in [2.24, 2.45) is 0 Å². The first-order valence-electron chi connectivity index (χ1n) is 7.86. The SMILES string of the molecule is CSc1nc(C)c(CCC(=O)Nc2ccc3[nH]c(=O)[nH]c3c2)c(C)n1. The molecule has 0 spiro atoms. The molecular weight excluding hydrogens is 338 g/mol. The Morgan fingerprint density at radius 1 is 1.16 bits per heavy atom. The number of fused-ring (bicyclic) bond motifs is 1. The molecule has 7 nitrogen and oxygen atoms in total. The second-order valence-corrected chi connectivity index (χ2v) is 6.52. The Labute approximate surface area is 148 Å².